The van der Waals surface area contributed by atoms with Crippen molar-refractivity contribution in [2.24, 2.45) is 0 Å². The number of piperazine rings is 1. The van der Waals surface area contributed by atoms with Crippen molar-refractivity contribution < 1.29 is 14.1 Å². The van der Waals surface area contributed by atoms with Crippen molar-refractivity contribution in [3.8, 4) is 0 Å². The van der Waals surface area contributed by atoms with Crippen LogP contribution >= 0.6 is 0 Å². The van der Waals surface area contributed by atoms with Crippen LogP contribution < -0.4 is 0 Å². The van der Waals surface area contributed by atoms with Gasteiger partial charge in [0.2, 0.25) is 5.91 Å². The Bertz CT molecular complexity index is 632. The molecule has 1 aromatic heterocycles. The molecule has 0 atom stereocenters. The van der Waals surface area contributed by atoms with Gasteiger partial charge in [-0.2, -0.15) is 0 Å². The lowest BCUT2D eigenvalue weighted by Crippen LogP contribution is -2.55. The van der Waals surface area contributed by atoms with E-state index in [9.17, 15) is 9.59 Å². The highest BCUT2D eigenvalue weighted by atomic mass is 16.5. The predicted octanol–water partition coefficient (Wildman–Crippen LogP) is 0.931. The first kappa shape index (κ1) is 15.6. The van der Waals surface area contributed by atoms with E-state index in [-0.39, 0.29) is 17.9 Å². The molecule has 1 aliphatic carbocycles. The summed E-state index contributed by atoms with van der Waals surface area (Å²) in [6.45, 7) is 3.57. The van der Waals surface area contributed by atoms with Crippen LogP contribution in [-0.2, 0) is 4.79 Å². The van der Waals surface area contributed by atoms with Crippen LogP contribution in [0.1, 0.15) is 47.8 Å². The molecule has 1 saturated carbocycles. The van der Waals surface area contributed by atoms with Gasteiger partial charge in [-0.25, -0.2) is 0 Å². The van der Waals surface area contributed by atoms with Crippen LogP contribution in [0.5, 0.6) is 0 Å². The van der Waals surface area contributed by atoms with Gasteiger partial charge in [0.25, 0.3) is 5.91 Å². The second kappa shape index (κ2) is 6.20. The monoisotopic (exact) mass is 332 g/mol. The number of hydrogen-bond donors (Lipinski definition) is 0. The van der Waals surface area contributed by atoms with E-state index in [2.05, 4.69) is 10.1 Å². The van der Waals surface area contributed by atoms with E-state index in [1.54, 1.807) is 6.07 Å². The molecule has 0 spiro atoms. The molecular weight excluding hydrogens is 308 g/mol. The van der Waals surface area contributed by atoms with E-state index < -0.39 is 0 Å². The van der Waals surface area contributed by atoms with Crippen molar-refractivity contribution >= 4 is 11.8 Å². The van der Waals surface area contributed by atoms with Gasteiger partial charge < -0.3 is 14.3 Å². The van der Waals surface area contributed by atoms with Crippen LogP contribution in [0, 0.1) is 0 Å². The number of hydrogen-bond acceptors (Lipinski definition) is 5. The van der Waals surface area contributed by atoms with Gasteiger partial charge in [0.05, 0.1) is 6.54 Å². The molecule has 0 radical (unpaired) electrons. The number of carbonyl (C=O) groups excluding carboxylic acids is 2. The Hall–Kier alpha value is -1.89. The molecule has 2 aliphatic heterocycles. The largest absolute Gasteiger partial charge is 0.360 e. The second-order valence-electron chi connectivity index (χ2n) is 7.24. The number of carbonyl (C=O) groups is 2. The third kappa shape index (κ3) is 3.05. The lowest BCUT2D eigenvalue weighted by Gasteiger charge is -2.41. The summed E-state index contributed by atoms with van der Waals surface area (Å²) in [5, 5.41) is 3.95. The Morgan fingerprint density at radius 3 is 2.58 bits per heavy atom. The van der Waals surface area contributed by atoms with Crippen molar-refractivity contribution in [2.75, 3.05) is 39.8 Å². The summed E-state index contributed by atoms with van der Waals surface area (Å²) in [7, 11) is 1.98. The van der Waals surface area contributed by atoms with Crippen LogP contribution in [-0.4, -0.2) is 77.5 Å². The molecule has 2 amide bonds. The van der Waals surface area contributed by atoms with Crippen molar-refractivity contribution in [3.63, 3.8) is 0 Å². The molecule has 0 aromatic carbocycles. The maximum Gasteiger partial charge on any atom is 0.276 e. The highest BCUT2D eigenvalue weighted by Crippen LogP contribution is 2.40. The first-order chi connectivity index (χ1) is 11.6. The van der Waals surface area contributed by atoms with Gasteiger partial charge in [0, 0.05) is 44.2 Å². The van der Waals surface area contributed by atoms with Gasteiger partial charge in [-0.15, -0.1) is 0 Å². The summed E-state index contributed by atoms with van der Waals surface area (Å²) >= 11 is 0. The highest BCUT2D eigenvalue weighted by Gasteiger charge is 2.34. The molecular formula is C17H24N4O3. The molecule has 24 heavy (non-hydrogen) atoms. The molecule has 7 heteroatoms. The molecule has 3 fully saturated rings. The molecule has 0 N–H and O–H groups in total. The van der Waals surface area contributed by atoms with E-state index in [0.29, 0.717) is 31.2 Å². The standard InChI is InChI=1S/C17H24N4O3/c1-19-8-9-21(16(22)11-19)13-4-6-20(7-5-13)17(23)14-10-15(24-18-14)12-2-3-12/h10,12-13H,2-9,11H2,1H3. The van der Waals surface area contributed by atoms with E-state index in [4.69, 9.17) is 4.52 Å². The Kier molecular flexibility index (Phi) is 4.04. The predicted molar refractivity (Wildman–Crippen MR) is 86.6 cm³/mol. The summed E-state index contributed by atoms with van der Waals surface area (Å²) in [4.78, 5) is 30.7. The molecule has 130 valence electrons. The smallest absolute Gasteiger partial charge is 0.276 e. The highest BCUT2D eigenvalue weighted by molar-refractivity contribution is 5.92. The van der Waals surface area contributed by atoms with E-state index in [1.165, 1.54) is 0 Å². The van der Waals surface area contributed by atoms with Gasteiger partial charge in [-0.1, -0.05) is 5.16 Å². The Morgan fingerprint density at radius 1 is 1.17 bits per heavy atom. The topological polar surface area (TPSA) is 69.9 Å². The zero-order valence-electron chi connectivity index (χ0n) is 14.1. The number of amides is 2. The molecule has 1 aromatic rings. The third-order valence-corrected chi connectivity index (χ3v) is 5.37. The number of likely N-dealkylation sites (tertiary alicyclic amines) is 1. The van der Waals surface area contributed by atoms with Crippen LogP contribution in [0.15, 0.2) is 10.6 Å². The molecule has 3 aliphatic rings. The van der Waals surface area contributed by atoms with Crippen molar-refractivity contribution in [3.05, 3.63) is 17.5 Å². The van der Waals surface area contributed by atoms with Gasteiger partial charge in [0.15, 0.2) is 5.69 Å². The average Bonchev–Trinajstić information content (AvgIpc) is 3.32. The first-order valence-electron chi connectivity index (χ1n) is 8.85. The lowest BCUT2D eigenvalue weighted by molar-refractivity contribution is -0.138. The quantitative estimate of drug-likeness (QED) is 0.824. The molecule has 3 heterocycles. The second-order valence-corrected chi connectivity index (χ2v) is 7.24. The minimum atomic E-state index is -0.0474. The fourth-order valence-electron chi connectivity index (χ4n) is 3.68. The molecule has 4 rings (SSSR count). The molecule has 7 nitrogen and oxygen atoms in total. The maximum atomic E-state index is 12.6. The molecule has 2 saturated heterocycles. The number of aromatic nitrogens is 1. The van der Waals surface area contributed by atoms with Crippen molar-refractivity contribution in [1.82, 2.24) is 19.9 Å². The fraction of sp³-hybridized carbons (Fsp3) is 0.706. The van der Waals surface area contributed by atoms with Crippen LogP contribution in [0.2, 0.25) is 0 Å². The van der Waals surface area contributed by atoms with Gasteiger partial charge in [0.1, 0.15) is 5.76 Å². The minimum Gasteiger partial charge on any atom is -0.360 e. The Labute approximate surface area is 141 Å². The van der Waals surface area contributed by atoms with Crippen LogP contribution in [0.25, 0.3) is 0 Å². The number of nitrogens with zero attached hydrogens (tertiary/aromatic N) is 4. The van der Waals surface area contributed by atoms with Gasteiger partial charge in [-0.3, -0.25) is 14.5 Å². The van der Waals surface area contributed by atoms with Crippen LogP contribution in [0.4, 0.5) is 0 Å². The first-order valence-corrected chi connectivity index (χ1v) is 8.85. The maximum absolute atomic E-state index is 12.6. The van der Waals surface area contributed by atoms with E-state index in [1.807, 2.05) is 16.8 Å². The number of rotatable bonds is 3. The summed E-state index contributed by atoms with van der Waals surface area (Å²) in [5.74, 6) is 1.47. The van der Waals surface area contributed by atoms with Gasteiger partial charge >= 0.3 is 0 Å². The summed E-state index contributed by atoms with van der Waals surface area (Å²) in [6.07, 6.45) is 3.95. The fourth-order valence-corrected chi connectivity index (χ4v) is 3.68. The van der Waals surface area contributed by atoms with E-state index in [0.717, 1.165) is 44.5 Å². The third-order valence-electron chi connectivity index (χ3n) is 5.37. The van der Waals surface area contributed by atoms with Gasteiger partial charge in [-0.05, 0) is 32.7 Å². The number of piperidine rings is 1. The average molecular weight is 332 g/mol. The Balaban J connectivity index is 1.33. The number of likely N-dealkylation sites (N-methyl/N-ethyl adjacent to an activating group) is 1. The normalized spacial score (nSPS) is 23.8. The summed E-state index contributed by atoms with van der Waals surface area (Å²) in [6, 6.07) is 2.06. The SMILES string of the molecule is CN1CCN(C2CCN(C(=O)c3cc(C4CC4)on3)CC2)C(=O)C1. The van der Waals surface area contributed by atoms with Crippen LogP contribution in [0.3, 0.4) is 0 Å². The van der Waals surface area contributed by atoms with E-state index >= 15 is 0 Å². The van der Waals surface area contributed by atoms with Crippen molar-refractivity contribution in [2.45, 2.75) is 37.6 Å². The lowest BCUT2D eigenvalue weighted by atomic mass is 10.0. The molecule has 0 unspecified atom stereocenters. The summed E-state index contributed by atoms with van der Waals surface area (Å²) < 4.78 is 5.29. The summed E-state index contributed by atoms with van der Waals surface area (Å²) in [5.41, 5.74) is 0.422. The zero-order chi connectivity index (χ0) is 16.7. The Morgan fingerprint density at radius 2 is 1.92 bits per heavy atom. The molecule has 0 bridgehead atoms. The minimum absolute atomic E-state index is 0.0474. The van der Waals surface area contributed by atoms with Crippen molar-refractivity contribution in [1.29, 1.82) is 0 Å². The zero-order valence-corrected chi connectivity index (χ0v) is 14.1.